The number of nitrogens with zero attached hydrogens (tertiary/aromatic N) is 4. The molecular weight excluding hydrogens is 378 g/mol. The third-order valence-corrected chi connectivity index (χ3v) is 3.92. The normalized spacial score (nSPS) is 10.6. The molecule has 1 aromatic carbocycles. The van der Waals surface area contributed by atoms with Crippen LogP contribution in [0.3, 0.4) is 0 Å². The molecule has 3 rings (SSSR count). The van der Waals surface area contributed by atoms with Crippen molar-refractivity contribution < 1.29 is 23.7 Å². The topological polar surface area (TPSA) is 102 Å². The van der Waals surface area contributed by atoms with Crippen LogP contribution >= 0.6 is 0 Å². The summed E-state index contributed by atoms with van der Waals surface area (Å²) >= 11 is 0. The van der Waals surface area contributed by atoms with Crippen molar-refractivity contribution in [2.45, 2.75) is 20.4 Å². The molecule has 0 aliphatic carbocycles. The summed E-state index contributed by atoms with van der Waals surface area (Å²) in [6, 6.07) is 6.94. The zero-order chi connectivity index (χ0) is 20.6. The second-order valence-electron chi connectivity index (χ2n) is 5.85. The molecule has 0 saturated heterocycles. The van der Waals surface area contributed by atoms with E-state index in [9.17, 15) is 4.79 Å². The van der Waals surface area contributed by atoms with Crippen LogP contribution in [0.5, 0.6) is 17.2 Å². The molecular formula is C19H23N5O5. The molecule has 154 valence electrons. The SMILES string of the molecule is CCOCn1cc(NC(=O)c2ccn(COc3c(OC)cccc3OC)n2)cn1. The predicted molar refractivity (Wildman–Crippen MR) is 104 cm³/mol. The molecule has 0 atom stereocenters. The fourth-order valence-corrected chi connectivity index (χ4v) is 2.52. The molecule has 1 N–H and O–H groups in total. The van der Waals surface area contributed by atoms with Crippen LogP contribution in [-0.2, 0) is 18.2 Å². The van der Waals surface area contributed by atoms with E-state index >= 15 is 0 Å². The van der Waals surface area contributed by atoms with Crippen LogP contribution in [0.4, 0.5) is 5.69 Å². The first-order chi connectivity index (χ1) is 14.1. The number of carbonyl (C=O) groups is 1. The lowest BCUT2D eigenvalue weighted by molar-refractivity contribution is 0.0792. The first-order valence-corrected chi connectivity index (χ1v) is 8.93. The van der Waals surface area contributed by atoms with Gasteiger partial charge < -0.3 is 24.3 Å². The van der Waals surface area contributed by atoms with Gasteiger partial charge in [-0.05, 0) is 25.1 Å². The monoisotopic (exact) mass is 401 g/mol. The zero-order valence-corrected chi connectivity index (χ0v) is 16.5. The lowest BCUT2D eigenvalue weighted by Crippen LogP contribution is -2.14. The lowest BCUT2D eigenvalue weighted by atomic mass is 10.3. The third-order valence-electron chi connectivity index (χ3n) is 3.92. The Morgan fingerprint density at radius 1 is 1.10 bits per heavy atom. The summed E-state index contributed by atoms with van der Waals surface area (Å²) in [5.74, 6) is 1.19. The third kappa shape index (κ3) is 5.05. The first kappa shape index (κ1) is 20.2. The summed E-state index contributed by atoms with van der Waals surface area (Å²) in [4.78, 5) is 12.4. The Balaban J connectivity index is 1.61. The van der Waals surface area contributed by atoms with Crippen molar-refractivity contribution in [2.24, 2.45) is 0 Å². The van der Waals surface area contributed by atoms with E-state index in [1.54, 1.807) is 61.8 Å². The maximum absolute atomic E-state index is 12.4. The van der Waals surface area contributed by atoms with Crippen LogP contribution in [0.2, 0.25) is 0 Å². The van der Waals surface area contributed by atoms with Gasteiger partial charge >= 0.3 is 0 Å². The molecule has 0 aliphatic heterocycles. The highest BCUT2D eigenvalue weighted by Crippen LogP contribution is 2.36. The number of ether oxygens (including phenoxy) is 4. The van der Waals surface area contributed by atoms with E-state index in [0.29, 0.717) is 36.3 Å². The van der Waals surface area contributed by atoms with Crippen molar-refractivity contribution in [1.82, 2.24) is 19.6 Å². The van der Waals surface area contributed by atoms with Crippen molar-refractivity contribution in [2.75, 3.05) is 26.1 Å². The molecule has 2 aromatic heterocycles. The number of aromatic nitrogens is 4. The summed E-state index contributed by atoms with van der Waals surface area (Å²) in [7, 11) is 3.10. The van der Waals surface area contributed by atoms with E-state index in [0.717, 1.165) is 0 Å². The van der Waals surface area contributed by atoms with Gasteiger partial charge in [0.1, 0.15) is 6.73 Å². The van der Waals surface area contributed by atoms with Gasteiger partial charge in [0.25, 0.3) is 5.91 Å². The Labute approximate surface area is 167 Å². The van der Waals surface area contributed by atoms with E-state index in [2.05, 4.69) is 15.5 Å². The molecule has 0 radical (unpaired) electrons. The van der Waals surface area contributed by atoms with Gasteiger partial charge in [-0.3, -0.25) is 4.79 Å². The maximum atomic E-state index is 12.4. The standard InChI is InChI=1S/C19H23N5O5/c1-4-28-12-24-11-14(10-20-24)21-19(25)15-8-9-23(22-15)13-29-18-16(26-2)6-5-7-17(18)27-3/h5-11H,4,12-13H2,1-3H3,(H,21,25). The van der Waals surface area contributed by atoms with Gasteiger partial charge in [0.15, 0.2) is 23.9 Å². The largest absolute Gasteiger partial charge is 0.493 e. The Kier molecular flexibility index (Phi) is 6.69. The van der Waals surface area contributed by atoms with Crippen molar-refractivity contribution in [3.05, 3.63) is 48.5 Å². The highest BCUT2D eigenvalue weighted by atomic mass is 16.5. The molecule has 29 heavy (non-hydrogen) atoms. The van der Waals surface area contributed by atoms with Crippen LogP contribution in [0.25, 0.3) is 0 Å². The van der Waals surface area contributed by atoms with E-state index in [-0.39, 0.29) is 18.3 Å². The minimum atomic E-state index is -0.352. The Hall–Kier alpha value is -3.53. The zero-order valence-electron chi connectivity index (χ0n) is 16.5. The second-order valence-corrected chi connectivity index (χ2v) is 5.85. The molecule has 0 fully saturated rings. The minimum Gasteiger partial charge on any atom is -0.493 e. The van der Waals surface area contributed by atoms with Crippen molar-refractivity contribution in [3.8, 4) is 17.2 Å². The number of rotatable bonds is 10. The van der Waals surface area contributed by atoms with Gasteiger partial charge in [0.2, 0.25) is 5.75 Å². The van der Waals surface area contributed by atoms with Crippen LogP contribution in [0, 0.1) is 0 Å². The van der Waals surface area contributed by atoms with E-state index < -0.39 is 0 Å². The van der Waals surface area contributed by atoms with Crippen LogP contribution in [-0.4, -0.2) is 46.3 Å². The number of para-hydroxylation sites is 1. The number of nitrogens with one attached hydrogen (secondary N) is 1. The predicted octanol–water partition coefficient (Wildman–Crippen LogP) is 2.38. The van der Waals surface area contributed by atoms with Gasteiger partial charge in [-0.15, -0.1) is 0 Å². The Bertz CT molecular complexity index is 930. The second kappa shape index (κ2) is 9.60. The average Bonchev–Trinajstić information content (AvgIpc) is 3.39. The molecule has 0 spiro atoms. The van der Waals surface area contributed by atoms with Gasteiger partial charge in [-0.1, -0.05) is 6.07 Å². The molecule has 0 aliphatic rings. The highest BCUT2D eigenvalue weighted by molar-refractivity contribution is 6.02. The molecule has 0 saturated carbocycles. The smallest absolute Gasteiger partial charge is 0.276 e. The van der Waals surface area contributed by atoms with Crippen molar-refractivity contribution in [1.29, 1.82) is 0 Å². The summed E-state index contributed by atoms with van der Waals surface area (Å²) in [5, 5.41) is 11.1. The number of anilines is 1. The minimum absolute atomic E-state index is 0.0797. The van der Waals surface area contributed by atoms with Gasteiger partial charge in [-0.25, -0.2) is 9.36 Å². The number of benzene rings is 1. The number of carbonyl (C=O) groups excluding carboxylic acids is 1. The Morgan fingerprint density at radius 2 is 1.86 bits per heavy atom. The summed E-state index contributed by atoms with van der Waals surface area (Å²) in [6.07, 6.45) is 4.88. The molecule has 0 unspecified atom stereocenters. The number of amides is 1. The van der Waals surface area contributed by atoms with Crippen LogP contribution < -0.4 is 19.5 Å². The van der Waals surface area contributed by atoms with Gasteiger partial charge in [0, 0.05) is 12.8 Å². The number of hydrogen-bond donors (Lipinski definition) is 1. The number of methoxy groups -OCH3 is 2. The van der Waals surface area contributed by atoms with Crippen molar-refractivity contribution >= 4 is 11.6 Å². The van der Waals surface area contributed by atoms with E-state index in [1.165, 1.54) is 4.68 Å². The molecule has 0 bridgehead atoms. The summed E-state index contributed by atoms with van der Waals surface area (Å²) < 4.78 is 24.7. The van der Waals surface area contributed by atoms with E-state index in [1.807, 2.05) is 6.92 Å². The maximum Gasteiger partial charge on any atom is 0.276 e. The van der Waals surface area contributed by atoms with Crippen molar-refractivity contribution in [3.63, 3.8) is 0 Å². The van der Waals surface area contributed by atoms with E-state index in [4.69, 9.17) is 18.9 Å². The van der Waals surface area contributed by atoms with Crippen LogP contribution in [0.15, 0.2) is 42.9 Å². The average molecular weight is 401 g/mol. The van der Waals surface area contributed by atoms with Gasteiger partial charge in [-0.2, -0.15) is 10.2 Å². The highest BCUT2D eigenvalue weighted by Gasteiger charge is 2.14. The van der Waals surface area contributed by atoms with Crippen LogP contribution in [0.1, 0.15) is 17.4 Å². The molecule has 3 aromatic rings. The lowest BCUT2D eigenvalue weighted by Gasteiger charge is -2.13. The molecule has 2 heterocycles. The van der Waals surface area contributed by atoms with Gasteiger partial charge in [0.05, 0.1) is 32.3 Å². The summed E-state index contributed by atoms with van der Waals surface area (Å²) in [5.41, 5.74) is 0.803. The molecule has 1 amide bonds. The summed E-state index contributed by atoms with van der Waals surface area (Å²) in [6.45, 7) is 2.89. The first-order valence-electron chi connectivity index (χ1n) is 8.93. The quantitative estimate of drug-likeness (QED) is 0.556. The number of hydrogen-bond acceptors (Lipinski definition) is 7. The molecule has 10 heteroatoms. The Morgan fingerprint density at radius 3 is 2.55 bits per heavy atom. The fraction of sp³-hybridized carbons (Fsp3) is 0.316. The molecule has 10 nitrogen and oxygen atoms in total. The fourth-order valence-electron chi connectivity index (χ4n) is 2.52.